The molecule has 6 heteroatoms. The van der Waals surface area contributed by atoms with Gasteiger partial charge in [-0.15, -0.1) is 0 Å². The fourth-order valence-electron chi connectivity index (χ4n) is 5.63. The van der Waals surface area contributed by atoms with Crippen LogP contribution in [0.4, 0.5) is 0 Å². The van der Waals surface area contributed by atoms with E-state index in [1.807, 2.05) is 72.5 Å². The van der Waals surface area contributed by atoms with Crippen LogP contribution in [0.1, 0.15) is 43.2 Å². The van der Waals surface area contributed by atoms with Gasteiger partial charge in [-0.05, 0) is 47.7 Å². The van der Waals surface area contributed by atoms with Crippen molar-refractivity contribution in [2.45, 2.75) is 32.4 Å². The molecule has 3 aromatic carbocycles. The first-order chi connectivity index (χ1) is 17.5. The Hall–Kier alpha value is -4.03. The molecule has 0 N–H and O–H groups in total. The van der Waals surface area contributed by atoms with Crippen LogP contribution in [0.25, 0.3) is 22.1 Å². The molecular formula is C30H25NO5. The number of benzene rings is 3. The standard InChI is InChI=1S/C30H25NO5/c1-17-7-6-10-20-19(17)11-12-22-25(20)27(32)28(33)26-21-13-14-31(16-24(21)36-29(22)26)23(30(34)35-2)15-18-8-4-3-5-9-18/h3-12,23H,13-16H2,1-2H3/t23-/m0/s1. The van der Waals surface area contributed by atoms with Gasteiger partial charge in [-0.25, -0.2) is 0 Å². The van der Waals surface area contributed by atoms with E-state index in [1.54, 1.807) is 0 Å². The molecule has 6 rings (SSSR count). The maximum atomic E-state index is 13.4. The summed E-state index contributed by atoms with van der Waals surface area (Å²) in [4.78, 5) is 41.5. The van der Waals surface area contributed by atoms with E-state index in [0.717, 1.165) is 27.5 Å². The van der Waals surface area contributed by atoms with Crippen molar-refractivity contribution in [3.05, 3.63) is 94.2 Å². The zero-order chi connectivity index (χ0) is 25.0. The second-order valence-electron chi connectivity index (χ2n) is 9.47. The van der Waals surface area contributed by atoms with Crippen LogP contribution in [-0.4, -0.2) is 42.1 Å². The van der Waals surface area contributed by atoms with Gasteiger partial charge in [0, 0.05) is 23.2 Å². The van der Waals surface area contributed by atoms with Crippen LogP contribution in [-0.2, 0) is 28.9 Å². The van der Waals surface area contributed by atoms with E-state index >= 15 is 0 Å². The molecule has 0 unspecified atom stereocenters. The number of methoxy groups -OCH3 is 1. The number of nitrogens with zero attached hydrogens (tertiary/aromatic N) is 1. The van der Waals surface area contributed by atoms with Gasteiger partial charge in [0.1, 0.15) is 17.6 Å². The largest absolute Gasteiger partial charge is 0.468 e. The van der Waals surface area contributed by atoms with E-state index in [1.165, 1.54) is 7.11 Å². The van der Waals surface area contributed by atoms with E-state index in [-0.39, 0.29) is 5.97 Å². The first kappa shape index (κ1) is 22.4. The second-order valence-corrected chi connectivity index (χ2v) is 9.47. The molecule has 2 aliphatic rings. The maximum absolute atomic E-state index is 13.4. The van der Waals surface area contributed by atoms with Crippen molar-refractivity contribution >= 4 is 28.3 Å². The van der Waals surface area contributed by atoms with Crippen molar-refractivity contribution < 1.29 is 23.5 Å². The summed E-state index contributed by atoms with van der Waals surface area (Å²) in [5.41, 5.74) is 4.30. The highest BCUT2D eigenvalue weighted by atomic mass is 16.5. The minimum atomic E-state index is -0.515. The average Bonchev–Trinajstić information content (AvgIpc) is 3.29. The third-order valence-corrected chi connectivity index (χ3v) is 7.46. The molecular weight excluding hydrogens is 454 g/mol. The normalized spacial score (nSPS) is 15.8. The fraction of sp³-hybridized carbons (Fsp3) is 0.233. The van der Waals surface area contributed by atoms with E-state index in [0.29, 0.717) is 54.1 Å². The van der Waals surface area contributed by atoms with Crippen molar-refractivity contribution in [3.63, 3.8) is 0 Å². The van der Waals surface area contributed by atoms with Gasteiger partial charge >= 0.3 is 5.97 Å². The van der Waals surface area contributed by atoms with E-state index in [2.05, 4.69) is 0 Å². The molecule has 0 fully saturated rings. The molecule has 0 radical (unpaired) electrons. The second kappa shape index (κ2) is 8.57. The summed E-state index contributed by atoms with van der Waals surface area (Å²) in [7, 11) is 1.40. The van der Waals surface area contributed by atoms with E-state index in [4.69, 9.17) is 9.15 Å². The lowest BCUT2D eigenvalue weighted by atomic mass is 9.82. The van der Waals surface area contributed by atoms with Gasteiger partial charge in [-0.3, -0.25) is 19.3 Å². The molecule has 0 bridgehead atoms. The first-order valence-corrected chi connectivity index (χ1v) is 12.1. The highest BCUT2D eigenvalue weighted by molar-refractivity contribution is 6.54. The minimum absolute atomic E-state index is 0.308. The Balaban J connectivity index is 1.41. The molecule has 36 heavy (non-hydrogen) atoms. The number of ketones is 2. The quantitative estimate of drug-likeness (QED) is 0.305. The Bertz CT molecular complexity index is 1550. The van der Waals surface area contributed by atoms with Crippen LogP contribution >= 0.6 is 0 Å². The van der Waals surface area contributed by atoms with Gasteiger partial charge in [-0.1, -0.05) is 54.6 Å². The van der Waals surface area contributed by atoms with E-state index in [9.17, 15) is 14.4 Å². The van der Waals surface area contributed by atoms with Crippen LogP contribution in [0, 0.1) is 6.92 Å². The lowest BCUT2D eigenvalue weighted by Gasteiger charge is -2.32. The summed E-state index contributed by atoms with van der Waals surface area (Å²) in [6.07, 6.45) is 1.02. The Labute approximate surface area is 208 Å². The van der Waals surface area contributed by atoms with Gasteiger partial charge < -0.3 is 9.15 Å². The van der Waals surface area contributed by atoms with Gasteiger partial charge in [-0.2, -0.15) is 0 Å². The van der Waals surface area contributed by atoms with Crippen molar-refractivity contribution in [2.24, 2.45) is 0 Å². The number of Topliss-reactive ketones (excluding diaryl/α,β-unsaturated/α-hetero) is 2. The predicted octanol–water partition coefficient (Wildman–Crippen LogP) is 4.93. The maximum Gasteiger partial charge on any atom is 0.323 e. The number of esters is 1. The molecule has 2 heterocycles. The summed E-state index contributed by atoms with van der Waals surface area (Å²) in [5, 5.41) is 1.71. The topological polar surface area (TPSA) is 76.8 Å². The molecule has 1 atom stereocenters. The van der Waals surface area contributed by atoms with Gasteiger partial charge in [0.25, 0.3) is 0 Å². The number of carbonyl (C=O) groups excluding carboxylic acids is 3. The molecule has 4 aromatic rings. The Morgan fingerprint density at radius 1 is 0.972 bits per heavy atom. The van der Waals surface area contributed by atoms with Gasteiger partial charge in [0.15, 0.2) is 0 Å². The van der Waals surface area contributed by atoms with Crippen molar-refractivity contribution in [2.75, 3.05) is 13.7 Å². The molecule has 1 aliphatic carbocycles. The third-order valence-electron chi connectivity index (χ3n) is 7.46. The summed E-state index contributed by atoms with van der Waals surface area (Å²) >= 11 is 0. The number of aryl methyl sites for hydroxylation is 1. The molecule has 0 spiro atoms. The zero-order valence-corrected chi connectivity index (χ0v) is 20.2. The van der Waals surface area contributed by atoms with E-state index < -0.39 is 17.6 Å². The van der Waals surface area contributed by atoms with Gasteiger partial charge in [0.05, 0.1) is 19.2 Å². The number of carbonyl (C=O) groups is 3. The number of furan rings is 1. The minimum Gasteiger partial charge on any atom is -0.468 e. The van der Waals surface area contributed by atoms with Crippen LogP contribution in [0.5, 0.6) is 0 Å². The number of ether oxygens (including phenoxy) is 1. The number of hydrogen-bond acceptors (Lipinski definition) is 6. The van der Waals surface area contributed by atoms with Crippen molar-refractivity contribution in [1.82, 2.24) is 4.90 Å². The summed E-state index contributed by atoms with van der Waals surface area (Å²) < 4.78 is 11.5. The highest BCUT2D eigenvalue weighted by Crippen LogP contribution is 2.43. The molecule has 1 aliphatic heterocycles. The van der Waals surface area contributed by atoms with Crippen LogP contribution in [0.3, 0.4) is 0 Å². The highest BCUT2D eigenvalue weighted by Gasteiger charge is 2.41. The number of rotatable bonds is 4. The average molecular weight is 480 g/mol. The smallest absolute Gasteiger partial charge is 0.323 e. The lowest BCUT2D eigenvalue weighted by molar-refractivity contribution is -0.147. The molecule has 0 saturated heterocycles. The number of fused-ring (bicyclic) bond motifs is 7. The van der Waals surface area contributed by atoms with Crippen molar-refractivity contribution in [1.29, 1.82) is 0 Å². The molecule has 180 valence electrons. The Morgan fingerprint density at radius 2 is 1.75 bits per heavy atom. The van der Waals surface area contributed by atoms with Crippen LogP contribution in [0.2, 0.25) is 0 Å². The molecule has 0 saturated carbocycles. The zero-order valence-electron chi connectivity index (χ0n) is 20.2. The predicted molar refractivity (Wildman–Crippen MR) is 135 cm³/mol. The van der Waals surface area contributed by atoms with Gasteiger partial charge in [0.2, 0.25) is 11.6 Å². The van der Waals surface area contributed by atoms with Crippen LogP contribution in [0.15, 0.2) is 65.1 Å². The monoisotopic (exact) mass is 479 g/mol. The SMILES string of the molecule is COC(=O)[C@H](Cc1ccccc1)N1CCc2c(oc3c2C(=O)C(=O)c2c-3ccc3c(C)cccc23)C1. The molecule has 6 nitrogen and oxygen atoms in total. The van der Waals surface area contributed by atoms with Crippen molar-refractivity contribution in [3.8, 4) is 11.3 Å². The summed E-state index contributed by atoms with van der Waals surface area (Å²) in [6, 6.07) is 19.0. The lowest BCUT2D eigenvalue weighted by Crippen LogP contribution is -2.45. The third kappa shape index (κ3) is 3.40. The molecule has 0 amide bonds. The Morgan fingerprint density at radius 3 is 2.53 bits per heavy atom. The van der Waals surface area contributed by atoms with Crippen LogP contribution < -0.4 is 0 Å². The molecule has 1 aromatic heterocycles. The summed E-state index contributed by atoms with van der Waals surface area (Å²) in [6.45, 7) is 2.90. The summed E-state index contributed by atoms with van der Waals surface area (Å²) in [5.74, 6) is -0.221. The number of hydrogen-bond donors (Lipinski definition) is 0. The first-order valence-electron chi connectivity index (χ1n) is 12.1. The fourth-order valence-corrected chi connectivity index (χ4v) is 5.63. The Kier molecular flexibility index (Phi) is 5.34.